The number of thiophene rings is 1. The van der Waals surface area contributed by atoms with Crippen LogP contribution in [0.1, 0.15) is 29.0 Å². The number of rotatable bonds is 5. The van der Waals surface area contributed by atoms with Crippen LogP contribution >= 0.6 is 11.3 Å². The summed E-state index contributed by atoms with van der Waals surface area (Å²) in [4.78, 5) is 5.38. The van der Waals surface area contributed by atoms with E-state index < -0.39 is 0 Å². The van der Waals surface area contributed by atoms with Crippen LogP contribution in [0.3, 0.4) is 0 Å². The summed E-state index contributed by atoms with van der Waals surface area (Å²) in [5, 5.41) is 17.3. The quantitative estimate of drug-likeness (QED) is 0.184. The number of fused-ring (bicyclic) bond motifs is 8. The lowest BCUT2D eigenvalue weighted by atomic mass is 9.93. The fourth-order valence-electron chi connectivity index (χ4n) is 8.91. The molecule has 0 spiro atoms. The molecule has 0 saturated carbocycles. The highest BCUT2D eigenvalue weighted by molar-refractivity contribution is 7.25. The number of furan rings is 1. The van der Waals surface area contributed by atoms with Crippen molar-refractivity contribution in [2.45, 2.75) is 12.3 Å². The number of hydrogen-bond acceptors (Lipinski definition) is 5. The molecule has 2 unspecified atom stereocenters. The van der Waals surface area contributed by atoms with Gasteiger partial charge in [0.25, 0.3) is 0 Å². The molecule has 12 rings (SSSR count). The van der Waals surface area contributed by atoms with Gasteiger partial charge in [-0.3, -0.25) is 5.32 Å². The maximum absolute atomic E-state index is 6.78. The standard InChI is InChI=1S/C53H35N3OS/c1-2-12-33(13-3-1)41-28-27-40(49-44-30-37-15-6-7-16-38(37)31-45(44)57-50(41)49)34-22-24-35(25-23-34)51-54-52(39-26-21-32-11-4-5-14-36(32)29-39)56-53(55-51)43-18-10-20-47-48(43)42-17-8-9-19-46(42)58-47/h1-31,51,53,55H,(H,54,56). The monoisotopic (exact) mass is 761 g/mol. The van der Waals surface area contributed by atoms with Gasteiger partial charge in [0.05, 0.1) is 0 Å². The number of amidine groups is 1. The lowest BCUT2D eigenvalue weighted by Crippen LogP contribution is -2.45. The summed E-state index contributed by atoms with van der Waals surface area (Å²) in [5.41, 5.74) is 9.66. The van der Waals surface area contributed by atoms with Crippen LogP contribution in [-0.4, -0.2) is 5.84 Å². The second kappa shape index (κ2) is 13.3. The summed E-state index contributed by atoms with van der Waals surface area (Å²) in [6.45, 7) is 0. The van der Waals surface area contributed by atoms with E-state index in [4.69, 9.17) is 9.41 Å². The van der Waals surface area contributed by atoms with E-state index in [-0.39, 0.29) is 12.3 Å². The summed E-state index contributed by atoms with van der Waals surface area (Å²) in [6.07, 6.45) is -0.467. The molecule has 2 N–H and O–H groups in total. The molecule has 0 radical (unpaired) electrons. The minimum Gasteiger partial charge on any atom is -0.455 e. The van der Waals surface area contributed by atoms with Crippen LogP contribution in [0.4, 0.5) is 0 Å². The van der Waals surface area contributed by atoms with Gasteiger partial charge in [0, 0.05) is 42.1 Å². The van der Waals surface area contributed by atoms with Crippen LogP contribution in [0, 0.1) is 0 Å². The third-order valence-corrected chi connectivity index (χ3v) is 12.9. The van der Waals surface area contributed by atoms with E-state index in [1.54, 1.807) is 0 Å². The molecule has 3 heterocycles. The van der Waals surface area contributed by atoms with Crippen molar-refractivity contribution in [2.75, 3.05) is 0 Å². The Bertz CT molecular complexity index is 3420. The van der Waals surface area contributed by atoms with E-state index >= 15 is 0 Å². The van der Waals surface area contributed by atoms with Gasteiger partial charge in [0.15, 0.2) is 0 Å². The topological polar surface area (TPSA) is 49.6 Å². The van der Waals surface area contributed by atoms with Gasteiger partial charge in [-0.2, -0.15) is 0 Å². The van der Waals surface area contributed by atoms with Gasteiger partial charge in [-0.05, 0) is 85.8 Å². The molecule has 1 aliphatic heterocycles. The maximum Gasteiger partial charge on any atom is 0.143 e. The molecular weight excluding hydrogens is 727 g/mol. The number of aliphatic imine (C=N–C) groups is 1. The number of benzene rings is 9. The van der Waals surface area contributed by atoms with Crippen LogP contribution in [0.25, 0.3) is 85.9 Å². The Morgan fingerprint density at radius 1 is 0.483 bits per heavy atom. The SMILES string of the molecule is c1ccc(-c2ccc(-c3ccc(C4N=C(c5ccc6ccccc6c5)NC(c5cccc6sc7ccccc7c56)N4)cc3)c3c2oc2cc4ccccc4cc23)cc1. The Labute approximate surface area is 338 Å². The highest BCUT2D eigenvalue weighted by atomic mass is 32.1. The summed E-state index contributed by atoms with van der Waals surface area (Å²) < 4.78 is 9.35. The van der Waals surface area contributed by atoms with E-state index in [1.165, 1.54) is 47.3 Å². The van der Waals surface area contributed by atoms with E-state index in [2.05, 4.69) is 199 Å². The second-order valence-electron chi connectivity index (χ2n) is 15.2. The Balaban J connectivity index is 0.989. The van der Waals surface area contributed by atoms with Crippen molar-refractivity contribution in [1.29, 1.82) is 0 Å². The number of hydrogen-bond donors (Lipinski definition) is 2. The van der Waals surface area contributed by atoms with Crippen LogP contribution in [0.5, 0.6) is 0 Å². The van der Waals surface area contributed by atoms with E-state index in [1.807, 2.05) is 11.3 Å². The summed E-state index contributed by atoms with van der Waals surface area (Å²) in [5.74, 6) is 0.871. The molecule has 11 aromatic rings. The van der Waals surface area contributed by atoms with Crippen LogP contribution in [0.15, 0.2) is 197 Å². The first kappa shape index (κ1) is 33.1. The molecule has 58 heavy (non-hydrogen) atoms. The fraction of sp³-hybridized carbons (Fsp3) is 0.0377. The van der Waals surface area contributed by atoms with Gasteiger partial charge in [0.2, 0.25) is 0 Å². The van der Waals surface area contributed by atoms with E-state index in [0.717, 1.165) is 61.2 Å². The van der Waals surface area contributed by atoms with Gasteiger partial charge >= 0.3 is 0 Å². The zero-order valence-electron chi connectivity index (χ0n) is 31.3. The van der Waals surface area contributed by atoms with Crippen molar-refractivity contribution in [2.24, 2.45) is 4.99 Å². The molecule has 2 aromatic heterocycles. The molecule has 0 bridgehead atoms. The zero-order chi connectivity index (χ0) is 38.2. The molecule has 0 fully saturated rings. The van der Waals surface area contributed by atoms with Crippen molar-refractivity contribution in [3.8, 4) is 22.3 Å². The van der Waals surface area contributed by atoms with Crippen molar-refractivity contribution in [3.05, 3.63) is 205 Å². The van der Waals surface area contributed by atoms with Gasteiger partial charge in [-0.1, -0.05) is 152 Å². The summed E-state index contributed by atoms with van der Waals surface area (Å²) in [7, 11) is 0. The Hall–Kier alpha value is -7.05. The maximum atomic E-state index is 6.78. The predicted molar refractivity (Wildman–Crippen MR) is 244 cm³/mol. The van der Waals surface area contributed by atoms with Gasteiger partial charge in [0.1, 0.15) is 29.3 Å². The molecular formula is C53H35N3OS. The third-order valence-electron chi connectivity index (χ3n) is 11.7. The van der Waals surface area contributed by atoms with Crippen molar-refractivity contribution < 1.29 is 4.42 Å². The number of nitrogens with one attached hydrogen (secondary N) is 2. The average Bonchev–Trinajstić information content (AvgIpc) is 3.86. The summed E-state index contributed by atoms with van der Waals surface area (Å²) >= 11 is 1.84. The van der Waals surface area contributed by atoms with E-state index in [0.29, 0.717) is 0 Å². The molecule has 1 aliphatic rings. The summed E-state index contributed by atoms with van der Waals surface area (Å²) in [6, 6.07) is 67.4. The van der Waals surface area contributed by atoms with Crippen LogP contribution in [0.2, 0.25) is 0 Å². The lowest BCUT2D eigenvalue weighted by Gasteiger charge is -2.32. The zero-order valence-corrected chi connectivity index (χ0v) is 32.1. The molecule has 2 atom stereocenters. The molecule has 274 valence electrons. The van der Waals surface area contributed by atoms with Gasteiger partial charge in [-0.25, -0.2) is 4.99 Å². The van der Waals surface area contributed by atoms with Crippen molar-refractivity contribution in [1.82, 2.24) is 10.6 Å². The third kappa shape index (κ3) is 5.43. The number of nitrogens with zero attached hydrogens (tertiary/aromatic N) is 1. The molecule has 9 aromatic carbocycles. The smallest absolute Gasteiger partial charge is 0.143 e. The highest BCUT2D eigenvalue weighted by Gasteiger charge is 2.28. The normalized spacial score (nSPS) is 15.8. The van der Waals surface area contributed by atoms with E-state index in [9.17, 15) is 0 Å². The van der Waals surface area contributed by atoms with Crippen LogP contribution < -0.4 is 10.6 Å². The highest BCUT2D eigenvalue weighted by Crippen LogP contribution is 2.44. The Morgan fingerprint density at radius 3 is 2.00 bits per heavy atom. The molecule has 4 nitrogen and oxygen atoms in total. The minimum atomic E-state index is -0.288. The second-order valence-corrected chi connectivity index (χ2v) is 16.2. The van der Waals surface area contributed by atoms with Gasteiger partial charge < -0.3 is 9.73 Å². The molecule has 0 aliphatic carbocycles. The molecule has 0 amide bonds. The predicted octanol–water partition coefficient (Wildman–Crippen LogP) is 13.9. The van der Waals surface area contributed by atoms with Gasteiger partial charge in [-0.15, -0.1) is 11.3 Å². The first-order chi connectivity index (χ1) is 28.7. The fourth-order valence-corrected chi connectivity index (χ4v) is 10.1. The largest absolute Gasteiger partial charge is 0.455 e. The first-order valence-electron chi connectivity index (χ1n) is 19.8. The minimum absolute atomic E-state index is 0.178. The first-order valence-corrected chi connectivity index (χ1v) is 20.6. The molecule has 0 saturated heterocycles. The van der Waals surface area contributed by atoms with Crippen LogP contribution in [-0.2, 0) is 0 Å². The Kier molecular flexibility index (Phi) is 7.58. The van der Waals surface area contributed by atoms with Crippen molar-refractivity contribution in [3.63, 3.8) is 0 Å². The average molecular weight is 762 g/mol. The molecule has 5 heteroatoms. The van der Waals surface area contributed by atoms with Crippen molar-refractivity contribution >= 4 is 80.8 Å². The Morgan fingerprint density at radius 2 is 1.16 bits per heavy atom. The lowest BCUT2D eigenvalue weighted by molar-refractivity contribution is 0.411.